The van der Waals surface area contributed by atoms with Crippen LogP contribution in [0.5, 0.6) is 0 Å². The summed E-state index contributed by atoms with van der Waals surface area (Å²) in [4.78, 5) is 0. The van der Waals surface area contributed by atoms with Gasteiger partial charge in [-0.1, -0.05) is 20.3 Å². The van der Waals surface area contributed by atoms with E-state index in [1.54, 1.807) is 0 Å². The van der Waals surface area contributed by atoms with E-state index in [1.165, 1.54) is 38.6 Å². The van der Waals surface area contributed by atoms with E-state index in [2.05, 4.69) is 19.2 Å². The van der Waals surface area contributed by atoms with Gasteiger partial charge in [-0.3, -0.25) is 0 Å². The lowest BCUT2D eigenvalue weighted by molar-refractivity contribution is 0.175. The second-order valence-electron chi connectivity index (χ2n) is 6.10. The van der Waals surface area contributed by atoms with Crippen LogP contribution < -0.4 is 5.32 Å². The van der Waals surface area contributed by atoms with Crippen LogP contribution in [-0.4, -0.2) is 25.8 Å². The third-order valence-corrected chi connectivity index (χ3v) is 3.92. The van der Waals surface area contributed by atoms with E-state index in [-0.39, 0.29) is 0 Å². The number of rotatable bonds is 3. The molecule has 2 unspecified atom stereocenters. The van der Waals surface area contributed by atoms with Crippen LogP contribution in [0.4, 0.5) is 0 Å². The van der Waals surface area contributed by atoms with Crippen LogP contribution >= 0.6 is 0 Å². The fourth-order valence-corrected chi connectivity index (χ4v) is 2.95. The highest BCUT2D eigenvalue weighted by Crippen LogP contribution is 2.35. The zero-order chi connectivity index (χ0) is 10.7. The van der Waals surface area contributed by atoms with E-state index >= 15 is 0 Å². The highest BCUT2D eigenvalue weighted by Gasteiger charge is 2.28. The first kappa shape index (κ1) is 11.4. The lowest BCUT2D eigenvalue weighted by Gasteiger charge is -2.36. The molecule has 0 aromatic carbocycles. The van der Waals surface area contributed by atoms with Crippen molar-refractivity contribution in [2.45, 2.75) is 52.0 Å². The SMILES string of the molecule is CC1(C)CCCC(NCC2CCOC2)C1. The molecule has 15 heavy (non-hydrogen) atoms. The fraction of sp³-hybridized carbons (Fsp3) is 1.00. The minimum atomic E-state index is 0.558. The number of ether oxygens (including phenoxy) is 1. The molecule has 2 aliphatic rings. The number of hydrogen-bond acceptors (Lipinski definition) is 2. The van der Waals surface area contributed by atoms with Crippen molar-refractivity contribution in [1.82, 2.24) is 5.32 Å². The quantitative estimate of drug-likeness (QED) is 0.774. The van der Waals surface area contributed by atoms with E-state index in [0.29, 0.717) is 5.41 Å². The van der Waals surface area contributed by atoms with E-state index in [1.807, 2.05) is 0 Å². The van der Waals surface area contributed by atoms with Gasteiger partial charge in [-0.25, -0.2) is 0 Å². The van der Waals surface area contributed by atoms with Gasteiger partial charge in [-0.15, -0.1) is 0 Å². The summed E-state index contributed by atoms with van der Waals surface area (Å²) in [7, 11) is 0. The van der Waals surface area contributed by atoms with Crippen molar-refractivity contribution in [3.63, 3.8) is 0 Å². The first-order valence-electron chi connectivity index (χ1n) is 6.47. The largest absolute Gasteiger partial charge is 0.381 e. The van der Waals surface area contributed by atoms with Gasteiger partial charge in [-0.05, 0) is 37.0 Å². The molecule has 88 valence electrons. The molecule has 2 heteroatoms. The molecule has 1 aliphatic heterocycles. The van der Waals surface area contributed by atoms with Crippen LogP contribution in [0.2, 0.25) is 0 Å². The molecule has 2 atom stereocenters. The van der Waals surface area contributed by atoms with Gasteiger partial charge in [0.15, 0.2) is 0 Å². The molecule has 0 spiro atoms. The molecule has 0 radical (unpaired) electrons. The topological polar surface area (TPSA) is 21.3 Å². The predicted molar refractivity (Wildman–Crippen MR) is 63.0 cm³/mol. The van der Waals surface area contributed by atoms with E-state index in [9.17, 15) is 0 Å². The molecule has 2 nitrogen and oxygen atoms in total. The van der Waals surface area contributed by atoms with Crippen molar-refractivity contribution in [2.75, 3.05) is 19.8 Å². The van der Waals surface area contributed by atoms with Gasteiger partial charge >= 0.3 is 0 Å². The van der Waals surface area contributed by atoms with Gasteiger partial charge in [-0.2, -0.15) is 0 Å². The summed E-state index contributed by atoms with van der Waals surface area (Å²) < 4.78 is 5.40. The summed E-state index contributed by atoms with van der Waals surface area (Å²) in [6.07, 6.45) is 6.77. The molecule has 1 N–H and O–H groups in total. The monoisotopic (exact) mass is 211 g/mol. The van der Waals surface area contributed by atoms with Crippen LogP contribution in [0.25, 0.3) is 0 Å². The van der Waals surface area contributed by atoms with Crippen molar-refractivity contribution in [3.8, 4) is 0 Å². The lowest BCUT2D eigenvalue weighted by Crippen LogP contribution is -2.39. The van der Waals surface area contributed by atoms with Crippen molar-refractivity contribution in [1.29, 1.82) is 0 Å². The fourth-order valence-electron chi connectivity index (χ4n) is 2.95. The third kappa shape index (κ3) is 3.46. The highest BCUT2D eigenvalue weighted by atomic mass is 16.5. The van der Waals surface area contributed by atoms with Gasteiger partial charge in [0, 0.05) is 19.2 Å². The molecule has 1 saturated carbocycles. The summed E-state index contributed by atoms with van der Waals surface area (Å²) >= 11 is 0. The maximum atomic E-state index is 5.40. The zero-order valence-electron chi connectivity index (χ0n) is 10.2. The summed E-state index contributed by atoms with van der Waals surface area (Å²) in [6, 6.07) is 0.759. The molecule has 0 bridgehead atoms. The summed E-state index contributed by atoms with van der Waals surface area (Å²) in [5.41, 5.74) is 0.558. The van der Waals surface area contributed by atoms with Crippen LogP contribution in [0.1, 0.15) is 46.0 Å². The van der Waals surface area contributed by atoms with Crippen LogP contribution in [0, 0.1) is 11.3 Å². The van der Waals surface area contributed by atoms with Crippen LogP contribution in [-0.2, 0) is 4.74 Å². The molecular formula is C13H25NO. The van der Waals surface area contributed by atoms with E-state index < -0.39 is 0 Å². The first-order valence-corrected chi connectivity index (χ1v) is 6.47. The smallest absolute Gasteiger partial charge is 0.0507 e. The Morgan fingerprint density at radius 2 is 2.20 bits per heavy atom. The summed E-state index contributed by atoms with van der Waals surface area (Å²) in [5, 5.41) is 3.74. The van der Waals surface area contributed by atoms with E-state index in [4.69, 9.17) is 4.74 Å². The van der Waals surface area contributed by atoms with Gasteiger partial charge in [0.2, 0.25) is 0 Å². The van der Waals surface area contributed by atoms with Gasteiger partial charge in [0.05, 0.1) is 6.61 Å². The van der Waals surface area contributed by atoms with E-state index in [0.717, 1.165) is 25.2 Å². The maximum Gasteiger partial charge on any atom is 0.0507 e. The van der Waals surface area contributed by atoms with Crippen molar-refractivity contribution in [3.05, 3.63) is 0 Å². The minimum absolute atomic E-state index is 0.558. The summed E-state index contributed by atoms with van der Waals surface area (Å²) in [6.45, 7) is 7.92. The Kier molecular flexibility index (Phi) is 3.68. The normalized spacial score (nSPS) is 35.6. The molecule has 0 aromatic heterocycles. The molecule has 1 saturated heterocycles. The Bertz CT molecular complexity index is 197. The standard InChI is InChI=1S/C13H25NO/c1-13(2)6-3-4-12(8-13)14-9-11-5-7-15-10-11/h11-12,14H,3-10H2,1-2H3. The Hall–Kier alpha value is -0.0800. The third-order valence-electron chi connectivity index (χ3n) is 3.92. The first-order chi connectivity index (χ1) is 7.16. The van der Waals surface area contributed by atoms with Crippen molar-refractivity contribution < 1.29 is 4.74 Å². The lowest BCUT2D eigenvalue weighted by atomic mass is 9.75. The molecule has 1 heterocycles. The number of nitrogens with one attached hydrogen (secondary N) is 1. The van der Waals surface area contributed by atoms with Crippen molar-refractivity contribution in [2.24, 2.45) is 11.3 Å². The van der Waals surface area contributed by atoms with Crippen molar-refractivity contribution >= 4 is 0 Å². The summed E-state index contributed by atoms with van der Waals surface area (Å²) in [5.74, 6) is 0.773. The molecule has 0 amide bonds. The zero-order valence-corrected chi connectivity index (χ0v) is 10.2. The second-order valence-corrected chi connectivity index (χ2v) is 6.10. The predicted octanol–water partition coefficient (Wildman–Crippen LogP) is 2.58. The minimum Gasteiger partial charge on any atom is -0.381 e. The van der Waals surface area contributed by atoms with Gasteiger partial charge in [0.25, 0.3) is 0 Å². The average Bonchev–Trinajstić information content (AvgIpc) is 2.65. The Morgan fingerprint density at radius 3 is 2.87 bits per heavy atom. The highest BCUT2D eigenvalue weighted by molar-refractivity contribution is 4.84. The van der Waals surface area contributed by atoms with Crippen LogP contribution in [0.3, 0.4) is 0 Å². The molecular weight excluding hydrogens is 186 g/mol. The number of hydrogen-bond donors (Lipinski definition) is 1. The Labute approximate surface area is 93.8 Å². The van der Waals surface area contributed by atoms with Gasteiger partial charge in [0.1, 0.15) is 0 Å². The molecule has 0 aromatic rings. The molecule has 2 fully saturated rings. The Balaban J connectivity index is 1.69. The molecule has 2 rings (SSSR count). The maximum absolute atomic E-state index is 5.40. The molecule has 1 aliphatic carbocycles. The average molecular weight is 211 g/mol. The Morgan fingerprint density at radius 1 is 1.33 bits per heavy atom. The van der Waals surface area contributed by atoms with Crippen LogP contribution in [0.15, 0.2) is 0 Å². The second kappa shape index (κ2) is 4.84. The van der Waals surface area contributed by atoms with Gasteiger partial charge < -0.3 is 10.1 Å².